The van der Waals surface area contributed by atoms with Gasteiger partial charge in [0.15, 0.2) is 5.60 Å². The third-order valence-electron chi connectivity index (χ3n) is 15.8. The molecule has 1 aromatic carbocycles. The predicted octanol–water partition coefficient (Wildman–Crippen LogP) is 0.787. The van der Waals surface area contributed by atoms with E-state index in [0.717, 1.165) is 11.3 Å². The lowest BCUT2D eigenvalue weighted by Crippen LogP contribution is -2.82. The number of likely N-dealkylation sites (N-methyl/N-ethyl adjacent to an activating group) is 1. The van der Waals surface area contributed by atoms with Crippen molar-refractivity contribution < 1.29 is 83.1 Å². The van der Waals surface area contributed by atoms with Gasteiger partial charge in [-0.15, -0.1) is 0 Å². The Morgan fingerprint density at radius 2 is 1.60 bits per heavy atom. The minimum Gasteiger partial charge on any atom is -0.481 e. The molecule has 3 unspecified atom stereocenters. The number of imide groups is 1. The molecule has 0 aromatic heterocycles. The van der Waals surface area contributed by atoms with Gasteiger partial charge in [0.1, 0.15) is 11.2 Å². The maximum atomic E-state index is 14.1. The highest BCUT2D eigenvalue weighted by Gasteiger charge is 2.91. The van der Waals surface area contributed by atoms with Crippen molar-refractivity contribution >= 4 is 41.4 Å². The van der Waals surface area contributed by atoms with Crippen molar-refractivity contribution in [2.24, 2.45) is 40.4 Å². The predicted molar refractivity (Wildman–Crippen MR) is 212 cm³/mol. The number of anilines is 1. The number of benzene rings is 1. The van der Waals surface area contributed by atoms with Crippen molar-refractivity contribution in [3.8, 4) is 0 Å². The topological polar surface area (TPSA) is 276 Å². The summed E-state index contributed by atoms with van der Waals surface area (Å²) < 4.78 is 31.4. The first-order chi connectivity index (χ1) is 29.2. The smallest absolute Gasteiger partial charge is 0.340 e. The number of likely N-dealkylation sites (tertiary alicyclic amines) is 1. The first kappa shape index (κ1) is 45.9. The van der Waals surface area contributed by atoms with Crippen LogP contribution in [-0.4, -0.2) is 167 Å². The number of rotatable bonds is 14. The standard InChI is InChI=1S/C37H50N2O10.C6H8O7/c1-7-38-17-34(18-49-32(42)20-10-8-9-11-23(20)39-26(40)14-19(2)31(39)41)13-12-25(46-4)36-22-15-21-24(45-3)16-35(43,27(22)28(21)47-5)37(44,33(36)38)30(48-6)29(34)36;7-3(8)1-6(13,5(11)12)2-4(9)10/h8-11,19,21-22,24-25,27-30,33,43-44H,7,12-18H2,1-6H3;13H,1-2H2,(H,7,8)(H,9,10)(H,11,12)/t19-,21+,22+,24-,25-,27+,28-,29+,30-,33?,34-,35+,36?,37?;/m0./s1. The van der Waals surface area contributed by atoms with Gasteiger partial charge in [0.2, 0.25) is 11.8 Å². The lowest BCUT2D eigenvalue weighted by molar-refractivity contribution is -0.320. The molecule has 14 atom stereocenters. The molecule has 2 saturated heterocycles. The van der Waals surface area contributed by atoms with E-state index in [1.165, 1.54) is 0 Å². The fourth-order valence-electron chi connectivity index (χ4n) is 13.9. The Morgan fingerprint density at radius 1 is 0.935 bits per heavy atom. The molecule has 5 aliphatic carbocycles. The van der Waals surface area contributed by atoms with Gasteiger partial charge < -0.3 is 54.3 Å². The van der Waals surface area contributed by atoms with E-state index in [9.17, 15) is 39.0 Å². The van der Waals surface area contributed by atoms with E-state index >= 15 is 0 Å². The van der Waals surface area contributed by atoms with Crippen LogP contribution in [-0.2, 0) is 47.7 Å². The Morgan fingerprint density at radius 3 is 2.13 bits per heavy atom. The number of amides is 2. The average Bonchev–Trinajstić information content (AvgIpc) is 3.75. The number of carboxylic acids is 3. The molecule has 19 heteroatoms. The molecule has 1 aromatic rings. The Labute approximate surface area is 358 Å². The molecule has 19 nitrogen and oxygen atoms in total. The average molecular weight is 875 g/mol. The number of carbonyl (C=O) groups is 6. The van der Waals surface area contributed by atoms with Gasteiger partial charge in [0.25, 0.3) is 0 Å². The van der Waals surface area contributed by atoms with Crippen LogP contribution in [0.5, 0.6) is 0 Å². The number of ether oxygens (including phenoxy) is 5. The highest BCUT2D eigenvalue weighted by molar-refractivity contribution is 6.22. The normalized spacial score (nSPS) is 40.2. The Balaban J connectivity index is 0.000000387. The summed E-state index contributed by atoms with van der Waals surface area (Å²) >= 11 is 0. The summed E-state index contributed by atoms with van der Waals surface area (Å²) in [6.07, 6.45) is -1.48. The van der Waals surface area contributed by atoms with Crippen LogP contribution in [0.1, 0.15) is 69.2 Å². The number of carboxylic acid groups (broad SMARTS) is 3. The highest BCUT2D eigenvalue weighted by Crippen LogP contribution is 2.80. The molecular formula is C43H58N2O17. The van der Waals surface area contributed by atoms with Crippen molar-refractivity contribution in [2.75, 3.05) is 53.0 Å². The first-order valence-corrected chi connectivity index (χ1v) is 21.0. The number of carbonyl (C=O) groups excluding carboxylic acids is 3. The number of esters is 1. The van der Waals surface area contributed by atoms with E-state index in [0.29, 0.717) is 25.9 Å². The number of aliphatic carboxylic acids is 3. The van der Waals surface area contributed by atoms with Crippen molar-refractivity contribution in [2.45, 2.75) is 106 Å². The fourth-order valence-corrected chi connectivity index (χ4v) is 13.9. The van der Waals surface area contributed by atoms with Crippen molar-refractivity contribution in [1.29, 1.82) is 0 Å². The van der Waals surface area contributed by atoms with Crippen LogP contribution in [0.3, 0.4) is 0 Å². The maximum absolute atomic E-state index is 14.1. The number of methoxy groups -OCH3 is 4. The van der Waals surface area contributed by atoms with E-state index in [1.54, 1.807) is 59.6 Å². The summed E-state index contributed by atoms with van der Waals surface area (Å²) in [6.45, 7) is 4.95. The summed E-state index contributed by atoms with van der Waals surface area (Å²) in [4.78, 5) is 73.8. The Bertz CT molecular complexity index is 1980. The van der Waals surface area contributed by atoms with Crippen LogP contribution in [0.4, 0.5) is 5.69 Å². The summed E-state index contributed by atoms with van der Waals surface area (Å²) in [5.74, 6) is -7.49. The van der Waals surface area contributed by atoms with Crippen molar-refractivity contribution in [3.63, 3.8) is 0 Å². The van der Waals surface area contributed by atoms with Gasteiger partial charge in [0.05, 0.1) is 61.2 Å². The molecule has 7 fully saturated rings. The molecule has 2 heterocycles. The molecule has 0 radical (unpaired) electrons. The van der Waals surface area contributed by atoms with Crippen LogP contribution in [0.25, 0.3) is 0 Å². The van der Waals surface area contributed by atoms with Crippen LogP contribution in [0.2, 0.25) is 0 Å². The molecular weight excluding hydrogens is 816 g/mol. The largest absolute Gasteiger partial charge is 0.481 e. The van der Waals surface area contributed by atoms with Crippen LogP contribution < -0.4 is 4.90 Å². The van der Waals surface area contributed by atoms with Crippen molar-refractivity contribution in [3.05, 3.63) is 29.8 Å². The van der Waals surface area contributed by atoms with Gasteiger partial charge in [-0.2, -0.15) is 0 Å². The van der Waals surface area contributed by atoms with Gasteiger partial charge in [-0.3, -0.25) is 24.1 Å². The van der Waals surface area contributed by atoms with Crippen LogP contribution >= 0.6 is 0 Å². The van der Waals surface area contributed by atoms with E-state index in [2.05, 4.69) is 11.8 Å². The Kier molecular flexibility index (Phi) is 12.0. The van der Waals surface area contributed by atoms with Crippen LogP contribution in [0.15, 0.2) is 24.3 Å². The van der Waals surface area contributed by atoms with Gasteiger partial charge in [-0.25, -0.2) is 14.5 Å². The van der Waals surface area contributed by atoms with Gasteiger partial charge >= 0.3 is 23.9 Å². The molecule has 2 aliphatic heterocycles. The molecule has 7 aliphatic rings. The molecule has 2 amide bonds. The molecule has 342 valence electrons. The molecule has 8 rings (SSSR count). The second-order valence-electron chi connectivity index (χ2n) is 18.4. The zero-order valence-electron chi connectivity index (χ0n) is 35.7. The molecule has 62 heavy (non-hydrogen) atoms. The zero-order valence-corrected chi connectivity index (χ0v) is 35.7. The number of piperidine rings is 1. The second kappa shape index (κ2) is 16.2. The van der Waals surface area contributed by atoms with E-state index < -0.39 is 82.4 Å². The number of para-hydroxylation sites is 1. The van der Waals surface area contributed by atoms with E-state index in [4.69, 9.17) is 44.1 Å². The number of nitrogens with zero attached hydrogens (tertiary/aromatic N) is 2. The van der Waals surface area contributed by atoms with Crippen molar-refractivity contribution in [1.82, 2.24) is 4.90 Å². The minimum absolute atomic E-state index is 0.0358. The van der Waals surface area contributed by atoms with E-state index in [-0.39, 0.29) is 84.5 Å². The third-order valence-corrected chi connectivity index (χ3v) is 15.8. The molecule has 1 spiro atoms. The van der Waals surface area contributed by atoms with Gasteiger partial charge in [-0.05, 0) is 43.9 Å². The third kappa shape index (κ3) is 6.28. The Hall–Kier alpha value is -4.08. The lowest BCUT2D eigenvalue weighted by atomic mass is 9.42. The number of aliphatic hydroxyl groups is 3. The SMILES string of the molecule is CCN1C[C@]2(COC(=O)c3ccccc3N3C(=O)C[C@H](C)C3=O)CC[C@H](OC)C34C1C(O)([C@@H](OC)[C@@H]32)[C@@]1(O)C[C@H](OC)[C@H]2C[C@@H]4[C@@H]1[C@H]2OC.O=C(O)CC(O)(CC(=O)O)C(=O)O. The monoisotopic (exact) mass is 874 g/mol. The number of fused-ring (bicyclic) bond motifs is 2. The summed E-state index contributed by atoms with van der Waals surface area (Å²) in [5.41, 5.74) is -6.91. The van der Waals surface area contributed by atoms with Gasteiger partial charge in [-0.1, -0.05) is 26.0 Å². The zero-order chi connectivity index (χ0) is 45.5. The fraction of sp³-hybridized carbons (Fsp3) is 0.721. The van der Waals surface area contributed by atoms with Gasteiger partial charge in [0, 0.05) is 82.3 Å². The molecule has 7 bridgehead atoms. The van der Waals surface area contributed by atoms with Crippen LogP contribution in [0, 0.1) is 40.4 Å². The minimum atomic E-state index is -2.74. The number of hydrogen-bond donors (Lipinski definition) is 6. The molecule has 5 saturated carbocycles. The summed E-state index contributed by atoms with van der Waals surface area (Å²) in [6, 6.07) is 6.12. The molecule has 6 N–H and O–H groups in total. The number of hydrogen-bond acceptors (Lipinski definition) is 15. The summed E-state index contributed by atoms with van der Waals surface area (Å²) in [7, 11) is 6.70. The first-order valence-electron chi connectivity index (χ1n) is 21.0. The summed E-state index contributed by atoms with van der Waals surface area (Å²) in [5, 5.41) is 60.4. The van der Waals surface area contributed by atoms with E-state index in [1.807, 2.05) is 0 Å². The quantitative estimate of drug-likeness (QED) is 0.111. The lowest BCUT2D eigenvalue weighted by Gasteiger charge is -2.70. The highest BCUT2D eigenvalue weighted by atomic mass is 16.5. The maximum Gasteiger partial charge on any atom is 0.340 e. The second-order valence-corrected chi connectivity index (χ2v) is 18.4.